The molecule has 1 aliphatic heterocycles. The van der Waals surface area contributed by atoms with Gasteiger partial charge in [0, 0.05) is 21.5 Å². The first-order chi connectivity index (χ1) is 7.65. The maximum Gasteiger partial charge on any atom is 0.157 e. The van der Waals surface area contributed by atoms with Gasteiger partial charge in [0.05, 0.1) is 6.54 Å². The van der Waals surface area contributed by atoms with Gasteiger partial charge in [-0.2, -0.15) is 0 Å². The Morgan fingerprint density at radius 2 is 2.25 bits per heavy atom. The van der Waals surface area contributed by atoms with Gasteiger partial charge in [-0.15, -0.1) is 11.3 Å². The summed E-state index contributed by atoms with van der Waals surface area (Å²) in [6.07, 6.45) is 0. The second-order valence-electron chi connectivity index (χ2n) is 4.36. The molecule has 0 saturated carbocycles. The van der Waals surface area contributed by atoms with E-state index in [9.17, 15) is 0 Å². The molecular formula is C12H18N2S2. The van der Waals surface area contributed by atoms with Crippen LogP contribution >= 0.6 is 23.1 Å². The van der Waals surface area contributed by atoms with E-state index in [2.05, 4.69) is 43.2 Å². The summed E-state index contributed by atoms with van der Waals surface area (Å²) < 4.78 is 0. The number of aliphatic imine (C=N–C) groups is 1. The Hall–Kier alpha value is -0.480. The second-order valence-corrected chi connectivity index (χ2v) is 6.74. The largest absolute Gasteiger partial charge is 0.362 e. The van der Waals surface area contributed by atoms with E-state index in [0.717, 1.165) is 17.6 Å². The van der Waals surface area contributed by atoms with E-state index in [-0.39, 0.29) is 0 Å². The van der Waals surface area contributed by atoms with E-state index in [1.807, 2.05) is 23.1 Å². The van der Waals surface area contributed by atoms with Crippen molar-refractivity contribution >= 4 is 28.3 Å². The van der Waals surface area contributed by atoms with Crippen molar-refractivity contribution in [1.82, 2.24) is 5.32 Å². The summed E-state index contributed by atoms with van der Waals surface area (Å²) in [7, 11) is 0. The predicted octanol–water partition coefficient (Wildman–Crippen LogP) is 3.27. The van der Waals surface area contributed by atoms with Crippen molar-refractivity contribution in [2.45, 2.75) is 33.4 Å². The molecular weight excluding hydrogens is 236 g/mol. The van der Waals surface area contributed by atoms with Crippen molar-refractivity contribution in [3.63, 3.8) is 0 Å². The molecule has 0 amide bonds. The molecule has 1 fully saturated rings. The standard InChI is InChI=1S/C12H18N2S2/c1-8-7-15-12(14-10(8)3)13-6-11-5-4-9(2)16-11/h4-5,8,10H,6-7H2,1-3H3,(H,13,14). The highest BCUT2D eigenvalue weighted by atomic mass is 32.2. The molecule has 1 aromatic rings. The van der Waals surface area contributed by atoms with Crippen LogP contribution in [0.2, 0.25) is 0 Å². The van der Waals surface area contributed by atoms with Crippen LogP contribution in [0.3, 0.4) is 0 Å². The van der Waals surface area contributed by atoms with Crippen molar-refractivity contribution in [3.8, 4) is 0 Å². The molecule has 2 unspecified atom stereocenters. The maximum absolute atomic E-state index is 4.63. The Morgan fingerprint density at radius 3 is 2.88 bits per heavy atom. The van der Waals surface area contributed by atoms with Crippen molar-refractivity contribution < 1.29 is 0 Å². The number of hydrogen-bond acceptors (Lipinski definition) is 3. The number of hydrogen-bond donors (Lipinski definition) is 1. The van der Waals surface area contributed by atoms with Gasteiger partial charge in [0.1, 0.15) is 0 Å². The number of nitrogens with one attached hydrogen (secondary N) is 1. The fraction of sp³-hybridized carbons (Fsp3) is 0.583. The van der Waals surface area contributed by atoms with Crippen LogP contribution in [-0.2, 0) is 6.54 Å². The average molecular weight is 254 g/mol. The molecule has 0 aromatic carbocycles. The third kappa shape index (κ3) is 3.01. The minimum Gasteiger partial charge on any atom is -0.362 e. The topological polar surface area (TPSA) is 24.4 Å². The third-order valence-electron chi connectivity index (χ3n) is 2.86. The van der Waals surface area contributed by atoms with E-state index < -0.39 is 0 Å². The molecule has 16 heavy (non-hydrogen) atoms. The van der Waals surface area contributed by atoms with Gasteiger partial charge >= 0.3 is 0 Å². The van der Waals surface area contributed by atoms with Gasteiger partial charge in [-0.25, -0.2) is 0 Å². The van der Waals surface area contributed by atoms with Crippen LogP contribution in [-0.4, -0.2) is 17.0 Å². The van der Waals surface area contributed by atoms with Crippen LogP contribution in [0.1, 0.15) is 23.6 Å². The van der Waals surface area contributed by atoms with Gasteiger partial charge in [-0.3, -0.25) is 4.99 Å². The molecule has 0 spiro atoms. The van der Waals surface area contributed by atoms with Crippen molar-refractivity contribution in [1.29, 1.82) is 0 Å². The molecule has 1 aromatic heterocycles. The SMILES string of the molecule is Cc1ccc(CN=C2NC(C)C(C)CS2)s1. The molecule has 0 aliphatic carbocycles. The predicted molar refractivity (Wildman–Crippen MR) is 74.4 cm³/mol. The summed E-state index contributed by atoms with van der Waals surface area (Å²) in [6, 6.07) is 4.88. The second kappa shape index (κ2) is 5.23. The minimum atomic E-state index is 0.546. The van der Waals surface area contributed by atoms with Gasteiger partial charge in [-0.1, -0.05) is 18.7 Å². The van der Waals surface area contributed by atoms with Crippen molar-refractivity contribution in [2.24, 2.45) is 10.9 Å². The van der Waals surface area contributed by atoms with E-state index in [4.69, 9.17) is 0 Å². The summed E-state index contributed by atoms with van der Waals surface area (Å²) in [5.41, 5.74) is 0. The van der Waals surface area contributed by atoms with Crippen molar-refractivity contribution in [3.05, 3.63) is 21.9 Å². The zero-order valence-corrected chi connectivity index (χ0v) is 11.6. The average Bonchev–Trinajstić information content (AvgIpc) is 2.66. The first-order valence-corrected chi connectivity index (χ1v) is 7.44. The molecule has 0 radical (unpaired) electrons. The van der Waals surface area contributed by atoms with Gasteiger partial charge in [0.15, 0.2) is 5.17 Å². The molecule has 4 heteroatoms. The van der Waals surface area contributed by atoms with E-state index in [0.29, 0.717) is 6.04 Å². The first-order valence-electron chi connectivity index (χ1n) is 5.64. The molecule has 2 rings (SSSR count). The minimum absolute atomic E-state index is 0.546. The zero-order valence-electron chi connectivity index (χ0n) is 9.99. The Bertz CT molecular complexity index is 384. The molecule has 1 saturated heterocycles. The molecule has 1 N–H and O–H groups in total. The number of thioether (sulfide) groups is 1. The van der Waals surface area contributed by atoms with Gasteiger partial charge in [-0.05, 0) is 31.9 Å². The Kier molecular flexibility index (Phi) is 3.92. The molecule has 1 aliphatic rings. The summed E-state index contributed by atoms with van der Waals surface area (Å²) in [4.78, 5) is 7.34. The van der Waals surface area contributed by atoms with Gasteiger partial charge in [0.2, 0.25) is 0 Å². The first kappa shape index (κ1) is 12.0. The fourth-order valence-electron chi connectivity index (χ4n) is 1.54. The lowest BCUT2D eigenvalue weighted by Gasteiger charge is -2.28. The molecule has 2 atom stereocenters. The highest BCUT2D eigenvalue weighted by molar-refractivity contribution is 8.13. The normalized spacial score (nSPS) is 28.1. The van der Waals surface area contributed by atoms with Crippen LogP contribution in [0.5, 0.6) is 0 Å². The fourth-order valence-corrected chi connectivity index (χ4v) is 3.49. The van der Waals surface area contributed by atoms with Gasteiger partial charge in [0.25, 0.3) is 0 Å². The number of thiophene rings is 1. The Balaban J connectivity index is 1.93. The number of rotatable bonds is 2. The summed E-state index contributed by atoms with van der Waals surface area (Å²) in [6.45, 7) is 7.47. The maximum atomic E-state index is 4.63. The third-order valence-corrected chi connectivity index (χ3v) is 5.06. The Morgan fingerprint density at radius 1 is 1.44 bits per heavy atom. The van der Waals surface area contributed by atoms with Crippen molar-refractivity contribution in [2.75, 3.05) is 5.75 Å². The summed E-state index contributed by atoms with van der Waals surface area (Å²) >= 11 is 3.68. The molecule has 0 bridgehead atoms. The van der Waals surface area contributed by atoms with Crippen LogP contribution < -0.4 is 5.32 Å². The molecule has 2 nitrogen and oxygen atoms in total. The number of nitrogens with zero attached hydrogens (tertiary/aromatic N) is 1. The molecule has 88 valence electrons. The number of aryl methyl sites for hydroxylation is 1. The zero-order chi connectivity index (χ0) is 11.5. The molecule has 2 heterocycles. The lowest BCUT2D eigenvalue weighted by Crippen LogP contribution is -2.41. The summed E-state index contributed by atoms with van der Waals surface area (Å²) in [5, 5.41) is 4.57. The summed E-state index contributed by atoms with van der Waals surface area (Å²) in [5.74, 6) is 1.91. The monoisotopic (exact) mass is 254 g/mol. The quantitative estimate of drug-likeness (QED) is 0.876. The van der Waals surface area contributed by atoms with Crippen LogP contribution in [0.15, 0.2) is 17.1 Å². The Labute approximate surface area is 106 Å². The lowest BCUT2D eigenvalue weighted by atomic mass is 10.1. The van der Waals surface area contributed by atoms with Crippen LogP contribution in [0.4, 0.5) is 0 Å². The van der Waals surface area contributed by atoms with E-state index in [1.54, 1.807) is 0 Å². The van der Waals surface area contributed by atoms with Gasteiger partial charge < -0.3 is 5.32 Å². The highest BCUT2D eigenvalue weighted by Gasteiger charge is 2.20. The highest BCUT2D eigenvalue weighted by Crippen LogP contribution is 2.21. The lowest BCUT2D eigenvalue weighted by molar-refractivity contribution is 0.490. The smallest absolute Gasteiger partial charge is 0.157 e. The van der Waals surface area contributed by atoms with E-state index >= 15 is 0 Å². The van der Waals surface area contributed by atoms with Crippen LogP contribution in [0.25, 0.3) is 0 Å². The number of amidine groups is 1. The van der Waals surface area contributed by atoms with E-state index in [1.165, 1.54) is 15.5 Å². The van der Waals surface area contributed by atoms with Crippen LogP contribution in [0, 0.1) is 12.8 Å².